The number of aryl methyl sites for hydroxylation is 3. The number of amides is 2. The number of sulfonamides is 1. The number of phenols is 1. The van der Waals surface area contributed by atoms with E-state index in [1.54, 1.807) is 33.0 Å². The molecule has 3 aromatic carbocycles. The summed E-state index contributed by atoms with van der Waals surface area (Å²) in [5.41, 5.74) is 2.20. The first kappa shape index (κ1) is 45.3. The third-order valence-electron chi connectivity index (χ3n) is 7.24. The van der Waals surface area contributed by atoms with E-state index in [0.717, 1.165) is 7.11 Å². The molecule has 0 aliphatic rings. The van der Waals surface area contributed by atoms with Crippen molar-refractivity contribution in [2.24, 2.45) is 5.92 Å². The molecule has 12 nitrogen and oxygen atoms in total. The topological polar surface area (TPSA) is 163 Å². The molecule has 286 valence electrons. The second-order valence-electron chi connectivity index (χ2n) is 11.9. The molecule has 2 amide bonds. The standard InChI is InChI=1S/C29H38N4O7S.C7H8.C2H6.CH4O/c1-19(2)17-33(41(37,38)26-10-8-25(39-6)9-11-26)13-7-12-30-28(35)22-14-23(16-24(34)15-22)29(36)32(5)18-27-20(3)40-21(4)31-27;1-7-5-3-2-4-6-7;2*1-2/h8-11,14-16,19,34H,7,12-13,17-18H2,1-6H3,(H,30,35);2-6H,1H3;1-2H3;2H,1H3. The van der Waals surface area contributed by atoms with Gasteiger partial charge < -0.3 is 29.6 Å². The molecule has 0 saturated carbocycles. The lowest BCUT2D eigenvalue weighted by atomic mass is 10.1. The number of nitrogens with zero attached hydrogens (tertiary/aromatic N) is 3. The Labute approximate surface area is 309 Å². The molecular weight excluding hydrogens is 685 g/mol. The van der Waals surface area contributed by atoms with E-state index in [1.165, 1.54) is 52.2 Å². The first-order valence-electron chi connectivity index (χ1n) is 17.1. The van der Waals surface area contributed by atoms with Crippen LogP contribution in [0.1, 0.15) is 77.7 Å². The number of rotatable bonds is 13. The molecule has 0 radical (unpaired) electrons. The number of aromatic hydroxyl groups is 1. The summed E-state index contributed by atoms with van der Waals surface area (Å²) >= 11 is 0. The second-order valence-corrected chi connectivity index (χ2v) is 13.8. The molecule has 13 heteroatoms. The van der Waals surface area contributed by atoms with Crippen LogP contribution in [-0.2, 0) is 16.6 Å². The van der Waals surface area contributed by atoms with E-state index in [2.05, 4.69) is 29.4 Å². The Morgan fingerprint density at radius 2 is 1.54 bits per heavy atom. The van der Waals surface area contributed by atoms with Crippen molar-refractivity contribution in [2.45, 2.75) is 66.3 Å². The summed E-state index contributed by atoms with van der Waals surface area (Å²) in [5.74, 6) is 0.651. The third-order valence-corrected chi connectivity index (χ3v) is 9.12. The number of aliphatic hydroxyl groups is 1. The van der Waals surface area contributed by atoms with Crippen LogP contribution in [0.2, 0.25) is 0 Å². The fourth-order valence-electron chi connectivity index (χ4n) is 4.81. The number of carbonyl (C=O) groups excluding carboxylic acids is 2. The molecule has 0 spiro atoms. The molecule has 0 unspecified atom stereocenters. The molecule has 0 aliphatic carbocycles. The van der Waals surface area contributed by atoms with Crippen LogP contribution in [0.4, 0.5) is 0 Å². The molecule has 52 heavy (non-hydrogen) atoms. The zero-order chi connectivity index (χ0) is 39.4. The lowest BCUT2D eigenvalue weighted by Crippen LogP contribution is -2.36. The fourth-order valence-corrected chi connectivity index (χ4v) is 6.45. The van der Waals surface area contributed by atoms with Gasteiger partial charge in [0.1, 0.15) is 23.0 Å². The molecule has 0 saturated heterocycles. The van der Waals surface area contributed by atoms with Crippen molar-refractivity contribution >= 4 is 21.8 Å². The van der Waals surface area contributed by atoms with Gasteiger partial charge in [-0.2, -0.15) is 4.31 Å². The summed E-state index contributed by atoms with van der Waals surface area (Å²) in [6.45, 7) is 14.3. The van der Waals surface area contributed by atoms with Crippen LogP contribution in [0, 0.1) is 26.7 Å². The van der Waals surface area contributed by atoms with Gasteiger partial charge in [-0.05, 0) is 68.7 Å². The van der Waals surface area contributed by atoms with Crippen LogP contribution in [-0.4, -0.2) is 85.5 Å². The van der Waals surface area contributed by atoms with Crippen molar-refractivity contribution in [2.75, 3.05) is 40.9 Å². The zero-order valence-corrected chi connectivity index (χ0v) is 33.0. The van der Waals surface area contributed by atoms with Gasteiger partial charge in [-0.25, -0.2) is 13.4 Å². The summed E-state index contributed by atoms with van der Waals surface area (Å²) in [6.07, 6.45) is 0.359. The van der Waals surface area contributed by atoms with Gasteiger partial charge in [0.15, 0.2) is 5.89 Å². The molecule has 1 heterocycles. The van der Waals surface area contributed by atoms with Crippen LogP contribution in [0.5, 0.6) is 11.5 Å². The van der Waals surface area contributed by atoms with Crippen LogP contribution >= 0.6 is 0 Å². The third kappa shape index (κ3) is 14.5. The number of carbonyl (C=O) groups is 2. The summed E-state index contributed by atoms with van der Waals surface area (Å²) in [5, 5.41) is 20.0. The lowest BCUT2D eigenvalue weighted by Gasteiger charge is -2.24. The average Bonchev–Trinajstić information content (AvgIpc) is 3.46. The molecular formula is C39H56N4O8S. The molecule has 1 aromatic heterocycles. The molecule has 0 atom stereocenters. The van der Waals surface area contributed by atoms with Crippen molar-refractivity contribution in [3.8, 4) is 11.5 Å². The van der Waals surface area contributed by atoms with Gasteiger partial charge in [0.2, 0.25) is 10.0 Å². The number of aromatic nitrogens is 1. The summed E-state index contributed by atoms with van der Waals surface area (Å²) in [6, 6.07) is 20.5. The maximum atomic E-state index is 13.3. The maximum absolute atomic E-state index is 13.3. The van der Waals surface area contributed by atoms with Gasteiger partial charge in [-0.15, -0.1) is 0 Å². The number of hydrogen-bond donors (Lipinski definition) is 3. The van der Waals surface area contributed by atoms with Gasteiger partial charge in [0.25, 0.3) is 11.8 Å². The average molecular weight is 741 g/mol. The first-order chi connectivity index (χ1) is 24.7. The van der Waals surface area contributed by atoms with Crippen molar-refractivity contribution in [3.05, 3.63) is 107 Å². The number of ether oxygens (including phenoxy) is 1. The van der Waals surface area contributed by atoms with E-state index in [1.807, 2.05) is 45.9 Å². The minimum atomic E-state index is -3.75. The summed E-state index contributed by atoms with van der Waals surface area (Å²) in [4.78, 5) is 31.8. The summed E-state index contributed by atoms with van der Waals surface area (Å²) in [7, 11) is 0.361. The smallest absolute Gasteiger partial charge is 0.254 e. The monoisotopic (exact) mass is 740 g/mol. The van der Waals surface area contributed by atoms with Gasteiger partial charge in [0.05, 0.1) is 18.6 Å². The molecule has 4 rings (SSSR count). The normalized spacial score (nSPS) is 10.6. The van der Waals surface area contributed by atoms with Gasteiger partial charge >= 0.3 is 0 Å². The van der Waals surface area contributed by atoms with Crippen molar-refractivity contribution in [3.63, 3.8) is 0 Å². The highest BCUT2D eigenvalue weighted by Gasteiger charge is 2.25. The molecule has 0 aliphatic heterocycles. The Morgan fingerprint density at radius 1 is 0.942 bits per heavy atom. The van der Waals surface area contributed by atoms with E-state index >= 15 is 0 Å². The van der Waals surface area contributed by atoms with E-state index in [9.17, 15) is 23.1 Å². The number of oxazole rings is 1. The number of phenolic OH excluding ortho intramolecular Hbond substituents is 1. The number of benzene rings is 3. The van der Waals surface area contributed by atoms with Gasteiger partial charge in [-0.1, -0.05) is 63.6 Å². The van der Waals surface area contributed by atoms with Crippen molar-refractivity contribution in [1.29, 1.82) is 0 Å². The highest BCUT2D eigenvalue weighted by molar-refractivity contribution is 7.89. The predicted molar refractivity (Wildman–Crippen MR) is 204 cm³/mol. The Kier molecular flexibility index (Phi) is 20.0. The molecule has 3 N–H and O–H groups in total. The Bertz CT molecular complexity index is 1760. The first-order valence-corrected chi connectivity index (χ1v) is 18.6. The van der Waals surface area contributed by atoms with Crippen LogP contribution < -0.4 is 10.1 Å². The minimum absolute atomic E-state index is 0.0937. The lowest BCUT2D eigenvalue weighted by molar-refractivity contribution is 0.0782. The Balaban J connectivity index is 0.00000107. The van der Waals surface area contributed by atoms with Gasteiger partial charge in [0, 0.05) is 51.8 Å². The molecule has 4 aromatic rings. The largest absolute Gasteiger partial charge is 0.508 e. The van der Waals surface area contributed by atoms with Crippen molar-refractivity contribution in [1.82, 2.24) is 19.5 Å². The fraction of sp³-hybridized carbons (Fsp3) is 0.410. The minimum Gasteiger partial charge on any atom is -0.508 e. The highest BCUT2D eigenvalue weighted by atomic mass is 32.2. The molecule has 0 fully saturated rings. The van der Waals surface area contributed by atoms with Crippen LogP contribution in [0.15, 0.2) is 82.1 Å². The zero-order valence-electron chi connectivity index (χ0n) is 32.1. The Hall–Kier alpha value is -4.72. The number of methoxy groups -OCH3 is 1. The number of nitrogens with one attached hydrogen (secondary N) is 1. The predicted octanol–water partition coefficient (Wildman–Crippen LogP) is 6.37. The van der Waals surface area contributed by atoms with E-state index < -0.39 is 21.8 Å². The quantitative estimate of drug-likeness (QED) is 0.132. The van der Waals surface area contributed by atoms with E-state index in [-0.39, 0.29) is 47.3 Å². The van der Waals surface area contributed by atoms with Gasteiger partial charge in [-0.3, -0.25) is 9.59 Å². The highest BCUT2D eigenvalue weighted by Crippen LogP contribution is 2.22. The number of hydrogen-bond acceptors (Lipinski definition) is 9. The van der Waals surface area contributed by atoms with Crippen molar-refractivity contribution < 1.29 is 37.4 Å². The summed E-state index contributed by atoms with van der Waals surface area (Å²) < 4.78 is 38.5. The van der Waals surface area contributed by atoms with Crippen LogP contribution in [0.25, 0.3) is 0 Å². The maximum Gasteiger partial charge on any atom is 0.254 e. The van der Waals surface area contributed by atoms with E-state index in [0.29, 0.717) is 36.1 Å². The van der Waals surface area contributed by atoms with Crippen LogP contribution in [0.3, 0.4) is 0 Å². The SMILES string of the molecule is CC.CO.COc1ccc(S(=O)(=O)N(CCCNC(=O)c2cc(O)cc(C(=O)N(C)Cc3nc(C)oc3C)c2)CC(C)C)cc1.Cc1ccccc1. The van der Waals surface area contributed by atoms with E-state index in [4.69, 9.17) is 14.3 Å². The Morgan fingerprint density at radius 3 is 2.04 bits per heavy atom. The second kappa shape index (κ2) is 23.0. The molecule has 0 bridgehead atoms. The number of aliphatic hydroxyl groups excluding tert-OH is 1.